The van der Waals surface area contributed by atoms with E-state index in [4.69, 9.17) is 9.47 Å². The second-order valence-electron chi connectivity index (χ2n) is 6.62. The Morgan fingerprint density at radius 2 is 1.45 bits per heavy atom. The number of unbranched alkanes of at least 4 members (excludes halogenated alkanes) is 9. The summed E-state index contributed by atoms with van der Waals surface area (Å²) in [4.78, 5) is 0. The zero-order valence-electron chi connectivity index (χ0n) is 14.5. The molecule has 0 amide bonds. The van der Waals surface area contributed by atoms with Crippen LogP contribution in [-0.2, 0) is 9.47 Å². The van der Waals surface area contributed by atoms with Crippen molar-refractivity contribution in [2.24, 2.45) is 0 Å². The summed E-state index contributed by atoms with van der Waals surface area (Å²) in [6.07, 6.45) is 11.2. The molecule has 0 bridgehead atoms. The van der Waals surface area contributed by atoms with Crippen molar-refractivity contribution < 1.29 is 19.7 Å². The lowest BCUT2D eigenvalue weighted by Crippen LogP contribution is -2.47. The molecule has 1 aliphatic heterocycles. The van der Waals surface area contributed by atoms with Crippen molar-refractivity contribution in [3.05, 3.63) is 0 Å². The standard InChI is InChI=1S/C18H36O4/c1-3-4-5-6-7-8-9-10-11-12-13-21-17-14-16(19)18(20)15(2)22-17/h15-20H,3-14H2,1-2H3/t15-,16-,17-,18-/m0/s1. The van der Waals surface area contributed by atoms with Crippen LogP contribution in [0, 0.1) is 0 Å². The molecule has 1 heterocycles. The summed E-state index contributed by atoms with van der Waals surface area (Å²) >= 11 is 0. The maximum Gasteiger partial charge on any atom is 0.160 e. The average Bonchev–Trinajstić information content (AvgIpc) is 2.50. The van der Waals surface area contributed by atoms with E-state index in [2.05, 4.69) is 6.92 Å². The highest BCUT2D eigenvalue weighted by Gasteiger charge is 2.34. The summed E-state index contributed by atoms with van der Waals surface area (Å²) in [6, 6.07) is 0. The Morgan fingerprint density at radius 3 is 2.00 bits per heavy atom. The topological polar surface area (TPSA) is 58.9 Å². The zero-order chi connectivity index (χ0) is 16.2. The molecule has 0 saturated carbocycles. The molecule has 22 heavy (non-hydrogen) atoms. The van der Waals surface area contributed by atoms with Gasteiger partial charge in [-0.1, -0.05) is 64.7 Å². The molecule has 2 N–H and O–H groups in total. The van der Waals surface area contributed by atoms with Crippen LogP contribution >= 0.6 is 0 Å². The summed E-state index contributed by atoms with van der Waals surface area (Å²) in [5, 5.41) is 19.3. The molecule has 1 fully saturated rings. The molecule has 0 aromatic carbocycles. The molecule has 1 rings (SSSR count). The lowest BCUT2D eigenvalue weighted by atomic mass is 10.0. The van der Waals surface area contributed by atoms with Crippen molar-refractivity contribution in [1.82, 2.24) is 0 Å². The monoisotopic (exact) mass is 316 g/mol. The van der Waals surface area contributed by atoms with E-state index in [1.807, 2.05) is 0 Å². The largest absolute Gasteiger partial charge is 0.390 e. The van der Waals surface area contributed by atoms with Gasteiger partial charge in [-0.15, -0.1) is 0 Å². The summed E-state index contributed by atoms with van der Waals surface area (Å²) < 4.78 is 11.2. The highest BCUT2D eigenvalue weighted by atomic mass is 16.7. The lowest BCUT2D eigenvalue weighted by molar-refractivity contribution is -0.246. The van der Waals surface area contributed by atoms with E-state index in [-0.39, 0.29) is 12.4 Å². The van der Waals surface area contributed by atoms with Gasteiger partial charge in [0.05, 0.1) is 12.2 Å². The summed E-state index contributed by atoms with van der Waals surface area (Å²) in [6.45, 7) is 4.70. The summed E-state index contributed by atoms with van der Waals surface area (Å²) in [5.41, 5.74) is 0. The van der Waals surface area contributed by atoms with Gasteiger partial charge in [0.15, 0.2) is 6.29 Å². The van der Waals surface area contributed by atoms with Crippen LogP contribution < -0.4 is 0 Å². The fraction of sp³-hybridized carbons (Fsp3) is 1.00. The van der Waals surface area contributed by atoms with Crippen LogP contribution in [-0.4, -0.2) is 41.4 Å². The molecule has 1 aliphatic rings. The fourth-order valence-electron chi connectivity index (χ4n) is 2.94. The maximum absolute atomic E-state index is 9.69. The summed E-state index contributed by atoms with van der Waals surface area (Å²) in [7, 11) is 0. The van der Waals surface area contributed by atoms with Gasteiger partial charge < -0.3 is 19.7 Å². The van der Waals surface area contributed by atoms with Gasteiger partial charge in [0.2, 0.25) is 0 Å². The molecule has 0 radical (unpaired) electrons. The molecular formula is C18H36O4. The second-order valence-corrected chi connectivity index (χ2v) is 6.62. The normalized spacial score (nSPS) is 28.9. The Balaban J connectivity index is 1.87. The van der Waals surface area contributed by atoms with Gasteiger partial charge in [0.25, 0.3) is 0 Å². The molecular weight excluding hydrogens is 280 g/mol. The van der Waals surface area contributed by atoms with E-state index in [9.17, 15) is 10.2 Å². The van der Waals surface area contributed by atoms with E-state index >= 15 is 0 Å². The smallest absolute Gasteiger partial charge is 0.160 e. The first-order valence-corrected chi connectivity index (χ1v) is 9.28. The van der Waals surface area contributed by atoms with E-state index in [0.29, 0.717) is 13.0 Å². The molecule has 4 nitrogen and oxygen atoms in total. The summed E-state index contributed by atoms with van der Waals surface area (Å²) in [5.74, 6) is 0. The molecule has 4 atom stereocenters. The molecule has 0 spiro atoms. The minimum atomic E-state index is -0.794. The van der Waals surface area contributed by atoms with Crippen LogP contribution in [0.25, 0.3) is 0 Å². The highest BCUT2D eigenvalue weighted by Crippen LogP contribution is 2.21. The van der Waals surface area contributed by atoms with E-state index < -0.39 is 12.2 Å². The van der Waals surface area contributed by atoms with Crippen molar-refractivity contribution in [2.75, 3.05) is 6.61 Å². The van der Waals surface area contributed by atoms with Crippen molar-refractivity contribution >= 4 is 0 Å². The van der Waals surface area contributed by atoms with Gasteiger partial charge >= 0.3 is 0 Å². The van der Waals surface area contributed by atoms with E-state index in [0.717, 1.165) is 6.42 Å². The molecule has 0 unspecified atom stereocenters. The molecule has 0 aromatic heterocycles. The first-order chi connectivity index (χ1) is 10.6. The maximum atomic E-state index is 9.69. The minimum Gasteiger partial charge on any atom is -0.390 e. The van der Waals surface area contributed by atoms with E-state index in [1.165, 1.54) is 57.8 Å². The van der Waals surface area contributed by atoms with Gasteiger partial charge in [-0.25, -0.2) is 0 Å². The number of hydrogen-bond acceptors (Lipinski definition) is 4. The SMILES string of the molecule is CCCCCCCCCCCCO[C@@H]1C[C@H](O)[C@@H](O)[C@H](C)O1. The highest BCUT2D eigenvalue weighted by molar-refractivity contribution is 4.79. The molecule has 4 heteroatoms. The van der Waals surface area contributed by atoms with Gasteiger partial charge in [-0.2, -0.15) is 0 Å². The number of hydrogen-bond donors (Lipinski definition) is 2. The van der Waals surface area contributed by atoms with Crippen LogP contribution in [0.5, 0.6) is 0 Å². The molecule has 0 aromatic rings. The van der Waals surface area contributed by atoms with Crippen LogP contribution in [0.15, 0.2) is 0 Å². The minimum absolute atomic E-state index is 0.360. The first-order valence-electron chi connectivity index (χ1n) is 9.28. The molecule has 0 aliphatic carbocycles. The Bertz CT molecular complexity index is 247. The van der Waals surface area contributed by atoms with Gasteiger partial charge in [-0.3, -0.25) is 0 Å². The fourth-order valence-corrected chi connectivity index (χ4v) is 2.94. The predicted octanol–water partition coefficient (Wildman–Crippen LogP) is 3.78. The Hall–Kier alpha value is -0.160. The third kappa shape index (κ3) is 8.47. The lowest BCUT2D eigenvalue weighted by Gasteiger charge is -2.35. The first kappa shape index (κ1) is 19.9. The van der Waals surface area contributed by atoms with Gasteiger partial charge in [0, 0.05) is 13.0 Å². The van der Waals surface area contributed by atoms with E-state index in [1.54, 1.807) is 6.92 Å². The third-order valence-electron chi connectivity index (χ3n) is 4.48. The Labute approximate surface area is 136 Å². The Kier molecular flexibility index (Phi) is 11.1. The molecule has 132 valence electrons. The quantitative estimate of drug-likeness (QED) is 0.538. The number of rotatable bonds is 12. The van der Waals surface area contributed by atoms with Crippen molar-refractivity contribution in [3.8, 4) is 0 Å². The average molecular weight is 316 g/mol. The number of ether oxygens (including phenoxy) is 2. The van der Waals surface area contributed by atoms with Crippen LogP contribution in [0.2, 0.25) is 0 Å². The Morgan fingerprint density at radius 1 is 0.909 bits per heavy atom. The zero-order valence-corrected chi connectivity index (χ0v) is 14.5. The van der Waals surface area contributed by atoms with Crippen LogP contribution in [0.1, 0.15) is 84.5 Å². The van der Waals surface area contributed by atoms with Gasteiger partial charge in [0.1, 0.15) is 6.10 Å². The predicted molar refractivity (Wildman–Crippen MR) is 88.8 cm³/mol. The third-order valence-corrected chi connectivity index (χ3v) is 4.48. The second kappa shape index (κ2) is 12.3. The van der Waals surface area contributed by atoms with Crippen molar-refractivity contribution in [2.45, 2.75) is 109 Å². The van der Waals surface area contributed by atoms with Gasteiger partial charge in [-0.05, 0) is 13.3 Å². The number of aliphatic hydroxyl groups is 2. The van der Waals surface area contributed by atoms with Crippen LogP contribution in [0.4, 0.5) is 0 Å². The van der Waals surface area contributed by atoms with Crippen molar-refractivity contribution in [1.29, 1.82) is 0 Å². The van der Waals surface area contributed by atoms with Crippen molar-refractivity contribution in [3.63, 3.8) is 0 Å². The molecule has 1 saturated heterocycles. The number of aliphatic hydroxyl groups excluding tert-OH is 2. The van der Waals surface area contributed by atoms with Crippen LogP contribution in [0.3, 0.4) is 0 Å².